The molecule has 1 amide bonds. The zero-order valence-corrected chi connectivity index (χ0v) is 21.4. The second-order valence-electron chi connectivity index (χ2n) is 8.47. The molecule has 0 bridgehead atoms. The number of nitrogens with zero attached hydrogens (tertiary/aromatic N) is 2. The average Bonchev–Trinajstić information content (AvgIpc) is 3.36. The number of rotatable bonds is 5. The topological polar surface area (TPSA) is 97.8 Å². The molecule has 0 radical (unpaired) electrons. The first kappa shape index (κ1) is 24.1. The van der Waals surface area contributed by atoms with Crippen LogP contribution in [0.25, 0.3) is 0 Å². The van der Waals surface area contributed by atoms with Crippen LogP contribution in [0.4, 0.5) is 5.69 Å². The first-order valence-corrected chi connectivity index (χ1v) is 13.9. The van der Waals surface area contributed by atoms with Gasteiger partial charge < -0.3 is 14.8 Å². The number of thiazole rings is 1. The monoisotopic (exact) mass is 533 g/mol. The highest BCUT2D eigenvalue weighted by atomic mass is 35.5. The van der Waals surface area contributed by atoms with E-state index >= 15 is 0 Å². The number of carbonyl (C=O) groups is 1. The smallest absolute Gasteiger partial charge is 0.275 e. The zero-order chi connectivity index (χ0) is 24.6. The van der Waals surface area contributed by atoms with Crippen molar-refractivity contribution in [2.24, 2.45) is 0 Å². The van der Waals surface area contributed by atoms with Gasteiger partial charge in [-0.15, -0.1) is 11.3 Å². The molecule has 2 aliphatic heterocycles. The third kappa shape index (κ3) is 5.02. The number of aryl methyl sites for hydroxylation is 1. The summed E-state index contributed by atoms with van der Waals surface area (Å²) in [6.07, 6.45) is 1.27. The summed E-state index contributed by atoms with van der Waals surface area (Å²) < 4.78 is 38.6. The number of sulfonamides is 1. The molecule has 184 valence electrons. The standard InChI is InChI=1S/C24H24ClN3O5S2/c1-15-2-4-18(13-19(15)25)35(30,31)28-8-6-16(7-9-28)24-27-20(14-34-24)23(29)26-17-3-5-21-22(12-17)33-11-10-32-21/h2-5,12-14,16H,6-11H2,1H3,(H,26,29). The first-order chi connectivity index (χ1) is 16.8. The number of hydrogen-bond donors (Lipinski definition) is 1. The molecule has 3 heterocycles. The van der Waals surface area contributed by atoms with Crippen LogP contribution in [0.15, 0.2) is 46.7 Å². The largest absolute Gasteiger partial charge is 0.486 e. The predicted molar refractivity (Wildman–Crippen MR) is 134 cm³/mol. The number of fused-ring (bicyclic) bond motifs is 1. The maximum absolute atomic E-state index is 13.0. The second-order valence-corrected chi connectivity index (χ2v) is 11.7. The van der Waals surface area contributed by atoms with Crippen LogP contribution in [0.3, 0.4) is 0 Å². The van der Waals surface area contributed by atoms with E-state index in [9.17, 15) is 13.2 Å². The quantitative estimate of drug-likeness (QED) is 0.510. The molecule has 5 rings (SSSR count). The SMILES string of the molecule is Cc1ccc(S(=O)(=O)N2CCC(c3nc(C(=O)Nc4ccc5c(c4)OCCO5)cs3)CC2)cc1Cl. The van der Waals surface area contributed by atoms with E-state index in [1.165, 1.54) is 21.7 Å². The maximum Gasteiger partial charge on any atom is 0.275 e. The molecule has 2 aromatic carbocycles. The summed E-state index contributed by atoms with van der Waals surface area (Å²) in [6, 6.07) is 10.1. The Labute approximate surface area is 212 Å². The summed E-state index contributed by atoms with van der Waals surface area (Å²) in [6.45, 7) is 3.58. The predicted octanol–water partition coefficient (Wildman–Crippen LogP) is 4.70. The van der Waals surface area contributed by atoms with E-state index in [1.807, 2.05) is 6.92 Å². The number of hydrogen-bond acceptors (Lipinski definition) is 7. The van der Waals surface area contributed by atoms with Gasteiger partial charge in [-0.25, -0.2) is 13.4 Å². The molecular formula is C24H24ClN3O5S2. The minimum absolute atomic E-state index is 0.101. The van der Waals surface area contributed by atoms with Crippen LogP contribution in [0.2, 0.25) is 5.02 Å². The van der Waals surface area contributed by atoms with Gasteiger partial charge in [0.15, 0.2) is 11.5 Å². The first-order valence-electron chi connectivity index (χ1n) is 11.2. The summed E-state index contributed by atoms with van der Waals surface area (Å²) in [5.74, 6) is 1.05. The number of carbonyl (C=O) groups excluding carboxylic acids is 1. The summed E-state index contributed by atoms with van der Waals surface area (Å²) in [7, 11) is -3.61. The highest BCUT2D eigenvalue weighted by molar-refractivity contribution is 7.89. The van der Waals surface area contributed by atoms with Crippen LogP contribution < -0.4 is 14.8 Å². The van der Waals surface area contributed by atoms with Crippen LogP contribution in [-0.4, -0.2) is 49.9 Å². The molecule has 0 aliphatic carbocycles. The maximum atomic E-state index is 13.0. The molecule has 1 saturated heterocycles. The van der Waals surface area contributed by atoms with Gasteiger partial charge in [0, 0.05) is 41.2 Å². The minimum Gasteiger partial charge on any atom is -0.486 e. The van der Waals surface area contributed by atoms with Gasteiger partial charge in [-0.1, -0.05) is 17.7 Å². The Kier molecular flexibility index (Phi) is 6.71. The fourth-order valence-electron chi connectivity index (χ4n) is 4.12. The number of ether oxygens (including phenoxy) is 2. The van der Waals surface area contributed by atoms with Gasteiger partial charge in [0.2, 0.25) is 10.0 Å². The van der Waals surface area contributed by atoms with E-state index in [0.29, 0.717) is 67.0 Å². The van der Waals surface area contributed by atoms with Crippen molar-refractivity contribution in [3.8, 4) is 11.5 Å². The van der Waals surface area contributed by atoms with Crippen molar-refractivity contribution < 1.29 is 22.7 Å². The second kappa shape index (κ2) is 9.77. The van der Waals surface area contributed by atoms with Crippen LogP contribution >= 0.6 is 22.9 Å². The number of piperidine rings is 1. The number of aromatic nitrogens is 1. The van der Waals surface area contributed by atoms with Gasteiger partial charge in [0.05, 0.1) is 9.90 Å². The van der Waals surface area contributed by atoms with Crippen molar-refractivity contribution in [2.45, 2.75) is 30.6 Å². The lowest BCUT2D eigenvalue weighted by molar-refractivity contribution is 0.102. The highest BCUT2D eigenvalue weighted by Crippen LogP contribution is 2.34. The van der Waals surface area contributed by atoms with E-state index in [-0.39, 0.29) is 16.7 Å². The fraction of sp³-hybridized carbons (Fsp3) is 0.333. The molecule has 0 unspecified atom stereocenters. The van der Waals surface area contributed by atoms with E-state index in [2.05, 4.69) is 10.3 Å². The van der Waals surface area contributed by atoms with Gasteiger partial charge in [-0.3, -0.25) is 4.79 Å². The number of nitrogens with one attached hydrogen (secondary N) is 1. The number of halogens is 1. The molecule has 0 saturated carbocycles. The van der Waals surface area contributed by atoms with Crippen molar-refractivity contribution in [3.63, 3.8) is 0 Å². The summed E-state index contributed by atoms with van der Waals surface area (Å²) >= 11 is 7.56. The van der Waals surface area contributed by atoms with Gasteiger partial charge in [-0.2, -0.15) is 4.31 Å². The average molecular weight is 534 g/mol. The Hall–Kier alpha value is -2.66. The highest BCUT2D eigenvalue weighted by Gasteiger charge is 2.31. The molecular weight excluding hydrogens is 510 g/mol. The van der Waals surface area contributed by atoms with Crippen molar-refractivity contribution in [1.82, 2.24) is 9.29 Å². The number of amides is 1. The van der Waals surface area contributed by atoms with Gasteiger partial charge in [0.25, 0.3) is 5.91 Å². The van der Waals surface area contributed by atoms with Crippen molar-refractivity contribution >= 4 is 44.6 Å². The molecule has 0 spiro atoms. The lowest BCUT2D eigenvalue weighted by Crippen LogP contribution is -2.37. The zero-order valence-electron chi connectivity index (χ0n) is 19.0. The van der Waals surface area contributed by atoms with E-state index in [4.69, 9.17) is 21.1 Å². The lowest BCUT2D eigenvalue weighted by Gasteiger charge is -2.30. The molecule has 1 aromatic heterocycles. The van der Waals surface area contributed by atoms with Gasteiger partial charge >= 0.3 is 0 Å². The van der Waals surface area contributed by atoms with Gasteiger partial charge in [-0.05, 0) is 49.6 Å². The Balaban J connectivity index is 1.21. The molecule has 3 aromatic rings. The van der Waals surface area contributed by atoms with E-state index in [1.54, 1.807) is 35.7 Å². The molecule has 2 aliphatic rings. The normalized spacial score (nSPS) is 16.7. The third-order valence-electron chi connectivity index (χ3n) is 6.14. The minimum atomic E-state index is -3.61. The van der Waals surface area contributed by atoms with Crippen LogP contribution in [0.1, 0.15) is 39.8 Å². The van der Waals surface area contributed by atoms with Gasteiger partial charge in [0.1, 0.15) is 18.9 Å². The Bertz CT molecular complexity index is 1370. The molecule has 11 heteroatoms. The van der Waals surface area contributed by atoms with Crippen molar-refractivity contribution in [2.75, 3.05) is 31.6 Å². The number of benzene rings is 2. The molecule has 0 atom stereocenters. The Morgan fingerprint density at radius 2 is 1.86 bits per heavy atom. The summed E-state index contributed by atoms with van der Waals surface area (Å²) in [4.78, 5) is 17.5. The van der Waals surface area contributed by atoms with E-state index < -0.39 is 10.0 Å². The molecule has 1 N–H and O–H groups in total. The van der Waals surface area contributed by atoms with Crippen LogP contribution in [-0.2, 0) is 10.0 Å². The summed E-state index contributed by atoms with van der Waals surface area (Å²) in [5, 5.41) is 5.86. The van der Waals surface area contributed by atoms with Crippen molar-refractivity contribution in [1.29, 1.82) is 0 Å². The van der Waals surface area contributed by atoms with E-state index in [0.717, 1.165) is 10.6 Å². The Morgan fingerprint density at radius 1 is 1.11 bits per heavy atom. The lowest BCUT2D eigenvalue weighted by atomic mass is 9.99. The Morgan fingerprint density at radius 3 is 2.60 bits per heavy atom. The third-order valence-corrected chi connectivity index (χ3v) is 9.45. The molecule has 35 heavy (non-hydrogen) atoms. The van der Waals surface area contributed by atoms with Crippen LogP contribution in [0.5, 0.6) is 11.5 Å². The molecule has 1 fully saturated rings. The molecule has 8 nitrogen and oxygen atoms in total. The van der Waals surface area contributed by atoms with Crippen molar-refractivity contribution in [3.05, 3.63) is 63.1 Å². The number of anilines is 1. The van der Waals surface area contributed by atoms with Crippen LogP contribution in [0, 0.1) is 6.92 Å². The fourth-order valence-corrected chi connectivity index (χ4v) is 6.83. The summed E-state index contributed by atoms with van der Waals surface area (Å²) in [5.41, 5.74) is 1.77.